The molecule has 0 fully saturated rings. The molecule has 1 aliphatic heterocycles. The number of anilines is 2. The lowest BCUT2D eigenvalue weighted by molar-refractivity contribution is -0.254. The number of aromatic carboxylic acids is 1. The molecule has 0 saturated carbocycles. The van der Waals surface area contributed by atoms with Crippen LogP contribution in [0, 0.1) is 0 Å². The average molecular weight is 464 g/mol. The van der Waals surface area contributed by atoms with Gasteiger partial charge in [-0.2, -0.15) is 0 Å². The number of nitrogens with one attached hydrogen (secondary N) is 1. The number of imide groups is 1. The fourth-order valence-electron chi connectivity index (χ4n) is 3.17. The molecule has 4 rings (SSSR count). The van der Waals surface area contributed by atoms with Crippen molar-refractivity contribution in [2.45, 2.75) is 0 Å². The highest BCUT2D eigenvalue weighted by molar-refractivity contribution is 9.10. The highest BCUT2D eigenvalue weighted by atomic mass is 79.9. The van der Waals surface area contributed by atoms with E-state index in [-0.39, 0.29) is 16.8 Å². The van der Waals surface area contributed by atoms with Gasteiger partial charge in [-0.05, 0) is 54.6 Å². The van der Waals surface area contributed by atoms with Crippen molar-refractivity contribution >= 4 is 51.0 Å². The molecule has 0 saturated heterocycles. The quantitative estimate of drug-likeness (QED) is 0.598. The van der Waals surface area contributed by atoms with Crippen LogP contribution in [0.4, 0.5) is 11.4 Å². The minimum atomic E-state index is -1.42. The fraction of sp³-hybridized carbons (Fsp3) is 0. The van der Waals surface area contributed by atoms with E-state index in [0.717, 1.165) is 4.90 Å². The van der Waals surface area contributed by atoms with Crippen molar-refractivity contribution in [2.75, 3.05) is 10.2 Å². The second-order valence-electron chi connectivity index (χ2n) is 6.47. The molecular formula is C22H12BrN2O5-. The number of rotatable bonds is 4. The summed E-state index contributed by atoms with van der Waals surface area (Å²) in [5, 5.41) is 13.8. The van der Waals surface area contributed by atoms with Gasteiger partial charge in [-0.1, -0.05) is 28.1 Å². The Hall–Kier alpha value is -3.78. The Morgan fingerprint density at radius 2 is 1.47 bits per heavy atom. The standard InChI is InChI=1S/C22H13BrN2O5/c23-13-7-10-18(17(11-13)22(29)30)24-19(26)12-5-8-14(9-6-12)25-20(27)15-3-1-2-4-16(15)21(25)28/h1-11H,(H,24,26)(H,29,30)/p-1. The number of carboxylic acid groups (broad SMARTS) is 1. The molecule has 148 valence electrons. The molecule has 0 aromatic heterocycles. The van der Waals surface area contributed by atoms with Gasteiger partial charge in [0.25, 0.3) is 17.7 Å². The SMILES string of the molecule is O=C(Nc1ccc(Br)cc1C(=O)[O-])c1ccc(N2C(=O)c3ccccc3C2=O)cc1. The minimum Gasteiger partial charge on any atom is -0.545 e. The number of nitrogens with zero attached hydrogens (tertiary/aromatic N) is 1. The van der Waals surface area contributed by atoms with Crippen LogP contribution >= 0.6 is 15.9 Å². The van der Waals surface area contributed by atoms with Crippen LogP contribution in [0.5, 0.6) is 0 Å². The second kappa shape index (κ2) is 7.57. The third kappa shape index (κ3) is 3.37. The van der Waals surface area contributed by atoms with Crippen LogP contribution in [-0.2, 0) is 0 Å². The highest BCUT2D eigenvalue weighted by Gasteiger charge is 2.36. The molecule has 0 radical (unpaired) electrons. The number of amides is 3. The largest absolute Gasteiger partial charge is 0.545 e. The first-order valence-electron chi connectivity index (χ1n) is 8.77. The molecule has 0 unspecified atom stereocenters. The summed E-state index contributed by atoms with van der Waals surface area (Å²) in [7, 11) is 0. The molecule has 1 heterocycles. The molecule has 3 aromatic rings. The van der Waals surface area contributed by atoms with Gasteiger partial charge in [-0.25, -0.2) is 4.90 Å². The first kappa shape index (κ1) is 19.5. The van der Waals surface area contributed by atoms with E-state index in [2.05, 4.69) is 21.2 Å². The molecule has 1 N–H and O–H groups in total. The molecule has 3 amide bonds. The van der Waals surface area contributed by atoms with E-state index in [1.165, 1.54) is 36.4 Å². The molecule has 0 aliphatic carbocycles. The zero-order valence-corrected chi connectivity index (χ0v) is 16.8. The summed E-state index contributed by atoms with van der Waals surface area (Å²) in [6.07, 6.45) is 0. The summed E-state index contributed by atoms with van der Waals surface area (Å²) >= 11 is 3.17. The fourth-order valence-corrected chi connectivity index (χ4v) is 3.54. The Bertz CT molecular complexity index is 1190. The number of halogens is 1. The van der Waals surface area contributed by atoms with Gasteiger partial charge < -0.3 is 15.2 Å². The predicted octanol–water partition coefficient (Wildman–Crippen LogP) is 2.87. The number of carbonyl (C=O) groups is 4. The van der Waals surface area contributed by atoms with Crippen molar-refractivity contribution < 1.29 is 24.3 Å². The molecule has 0 atom stereocenters. The Labute approximate surface area is 179 Å². The van der Waals surface area contributed by atoms with E-state index < -0.39 is 23.7 Å². The van der Waals surface area contributed by atoms with Gasteiger partial charge in [-0.3, -0.25) is 14.4 Å². The number of hydrogen-bond acceptors (Lipinski definition) is 5. The highest BCUT2D eigenvalue weighted by Crippen LogP contribution is 2.28. The number of carboxylic acids is 1. The van der Waals surface area contributed by atoms with Crippen LogP contribution in [0.15, 0.2) is 71.2 Å². The lowest BCUT2D eigenvalue weighted by Gasteiger charge is -2.15. The zero-order chi connectivity index (χ0) is 21.4. The smallest absolute Gasteiger partial charge is 0.266 e. The lowest BCUT2D eigenvalue weighted by atomic mass is 10.1. The van der Waals surface area contributed by atoms with Gasteiger partial charge in [0.2, 0.25) is 0 Å². The Balaban J connectivity index is 1.57. The van der Waals surface area contributed by atoms with Crippen molar-refractivity contribution in [2.24, 2.45) is 0 Å². The van der Waals surface area contributed by atoms with Crippen LogP contribution in [0.1, 0.15) is 41.4 Å². The van der Waals surface area contributed by atoms with Crippen LogP contribution in [0.3, 0.4) is 0 Å². The Morgan fingerprint density at radius 1 is 0.867 bits per heavy atom. The van der Waals surface area contributed by atoms with Gasteiger partial charge in [0.15, 0.2) is 0 Å². The number of benzene rings is 3. The van der Waals surface area contributed by atoms with Crippen LogP contribution in [0.25, 0.3) is 0 Å². The lowest BCUT2D eigenvalue weighted by Crippen LogP contribution is -2.29. The monoisotopic (exact) mass is 463 g/mol. The van der Waals surface area contributed by atoms with Gasteiger partial charge >= 0.3 is 0 Å². The van der Waals surface area contributed by atoms with Crippen LogP contribution in [-0.4, -0.2) is 23.7 Å². The van der Waals surface area contributed by atoms with Crippen molar-refractivity contribution in [1.82, 2.24) is 0 Å². The zero-order valence-electron chi connectivity index (χ0n) is 15.2. The molecular weight excluding hydrogens is 452 g/mol. The van der Waals surface area contributed by atoms with Crippen molar-refractivity contribution in [3.05, 3.63) is 93.5 Å². The summed E-state index contributed by atoms with van der Waals surface area (Å²) in [5.41, 5.74) is 1.14. The summed E-state index contributed by atoms with van der Waals surface area (Å²) in [6.45, 7) is 0. The molecule has 1 aliphatic rings. The molecule has 8 heteroatoms. The summed E-state index contributed by atoms with van der Waals surface area (Å²) in [4.78, 5) is 50.0. The topological polar surface area (TPSA) is 107 Å². The van der Waals surface area contributed by atoms with Crippen molar-refractivity contribution in [3.8, 4) is 0 Å². The maximum Gasteiger partial charge on any atom is 0.266 e. The molecule has 3 aromatic carbocycles. The number of carbonyl (C=O) groups excluding carboxylic acids is 4. The molecule has 7 nitrogen and oxygen atoms in total. The van der Waals surface area contributed by atoms with Gasteiger partial charge in [-0.15, -0.1) is 0 Å². The maximum absolute atomic E-state index is 12.6. The Morgan fingerprint density at radius 3 is 2.03 bits per heavy atom. The van der Waals surface area contributed by atoms with Crippen LogP contribution < -0.4 is 15.3 Å². The van der Waals surface area contributed by atoms with E-state index in [9.17, 15) is 24.3 Å². The van der Waals surface area contributed by atoms with Gasteiger partial charge in [0, 0.05) is 15.6 Å². The number of hydrogen-bond donors (Lipinski definition) is 1. The average Bonchev–Trinajstić information content (AvgIpc) is 3.00. The molecule has 0 spiro atoms. The Kier molecular flexibility index (Phi) is 4.93. The van der Waals surface area contributed by atoms with Crippen LogP contribution in [0.2, 0.25) is 0 Å². The number of fused-ring (bicyclic) bond motifs is 1. The van der Waals surface area contributed by atoms with E-state index in [1.54, 1.807) is 30.3 Å². The third-order valence-electron chi connectivity index (χ3n) is 4.63. The third-order valence-corrected chi connectivity index (χ3v) is 5.12. The predicted molar refractivity (Wildman–Crippen MR) is 110 cm³/mol. The first-order chi connectivity index (χ1) is 14.4. The van der Waals surface area contributed by atoms with Gasteiger partial charge in [0.05, 0.1) is 28.5 Å². The summed E-state index contributed by atoms with van der Waals surface area (Å²) in [5.74, 6) is -2.83. The first-order valence-corrected chi connectivity index (χ1v) is 9.56. The summed E-state index contributed by atoms with van der Waals surface area (Å²) in [6, 6.07) is 16.8. The van der Waals surface area contributed by atoms with E-state index in [4.69, 9.17) is 0 Å². The van der Waals surface area contributed by atoms with E-state index >= 15 is 0 Å². The summed E-state index contributed by atoms with van der Waals surface area (Å²) < 4.78 is 0.532. The maximum atomic E-state index is 12.6. The molecule has 0 bridgehead atoms. The second-order valence-corrected chi connectivity index (χ2v) is 7.39. The normalized spacial score (nSPS) is 12.6. The van der Waals surface area contributed by atoms with E-state index in [0.29, 0.717) is 21.3 Å². The molecule has 30 heavy (non-hydrogen) atoms. The van der Waals surface area contributed by atoms with E-state index in [1.807, 2.05) is 0 Å². The van der Waals surface area contributed by atoms with Crippen molar-refractivity contribution in [1.29, 1.82) is 0 Å². The minimum absolute atomic E-state index is 0.0904. The van der Waals surface area contributed by atoms with Crippen molar-refractivity contribution in [3.63, 3.8) is 0 Å². The van der Waals surface area contributed by atoms with Gasteiger partial charge in [0.1, 0.15) is 0 Å².